The number of thioether (sulfide) groups is 1. The maximum Gasteiger partial charge on any atom is 0.233 e. The van der Waals surface area contributed by atoms with Crippen LogP contribution >= 0.6 is 11.8 Å². The summed E-state index contributed by atoms with van der Waals surface area (Å²) in [7, 11) is 1.61. The van der Waals surface area contributed by atoms with Crippen molar-refractivity contribution in [2.75, 3.05) is 13.0 Å². The van der Waals surface area contributed by atoms with Crippen LogP contribution in [0.5, 0.6) is 5.75 Å². The lowest BCUT2D eigenvalue weighted by Gasteiger charge is -2.11. The minimum absolute atomic E-state index is 0.0853. The average molecular weight is 383 g/mol. The molecule has 3 N–H and O–H groups in total. The van der Waals surface area contributed by atoms with Crippen LogP contribution in [0.3, 0.4) is 0 Å². The van der Waals surface area contributed by atoms with Crippen LogP contribution in [0.2, 0.25) is 0 Å². The fourth-order valence-electron chi connectivity index (χ4n) is 2.43. The first-order valence-electron chi connectivity index (χ1n) is 8.41. The zero-order valence-electron chi connectivity index (χ0n) is 15.1. The molecule has 0 bridgehead atoms. The summed E-state index contributed by atoms with van der Waals surface area (Å²) in [6.07, 6.45) is 0. The monoisotopic (exact) mass is 383 g/mol. The highest BCUT2D eigenvalue weighted by atomic mass is 32.2. The minimum Gasteiger partial charge on any atom is -0.497 e. The first-order valence-corrected chi connectivity index (χ1v) is 9.29. The third kappa shape index (κ3) is 4.59. The van der Waals surface area contributed by atoms with Gasteiger partial charge in [-0.05, 0) is 36.8 Å². The van der Waals surface area contributed by atoms with Crippen molar-refractivity contribution < 1.29 is 9.53 Å². The van der Waals surface area contributed by atoms with Crippen molar-refractivity contribution in [2.45, 2.75) is 23.9 Å². The van der Waals surface area contributed by atoms with Crippen LogP contribution in [-0.4, -0.2) is 33.1 Å². The number of ether oxygens (including phenoxy) is 1. The van der Waals surface area contributed by atoms with Crippen LogP contribution < -0.4 is 15.9 Å². The molecular formula is C19H21N5O2S. The molecule has 8 heteroatoms. The molecule has 0 saturated heterocycles. The first kappa shape index (κ1) is 18.8. The molecule has 3 aromatic rings. The average Bonchev–Trinajstić information content (AvgIpc) is 3.07. The van der Waals surface area contributed by atoms with Gasteiger partial charge in [0, 0.05) is 12.1 Å². The molecule has 0 fully saturated rings. The Balaban J connectivity index is 1.63. The second-order valence-corrected chi connectivity index (χ2v) is 7.18. The Bertz CT molecular complexity index is 896. The maximum atomic E-state index is 12.3. The fourth-order valence-corrected chi connectivity index (χ4v) is 3.23. The number of aromatic nitrogens is 3. The Morgan fingerprint density at radius 1 is 1.19 bits per heavy atom. The van der Waals surface area contributed by atoms with E-state index < -0.39 is 0 Å². The van der Waals surface area contributed by atoms with Crippen LogP contribution in [-0.2, 0) is 11.3 Å². The predicted octanol–water partition coefficient (Wildman–Crippen LogP) is 2.46. The molecule has 0 unspecified atom stereocenters. The second-order valence-electron chi connectivity index (χ2n) is 5.87. The second kappa shape index (κ2) is 8.59. The number of amides is 1. The van der Waals surface area contributed by atoms with Crippen LogP contribution in [0, 0.1) is 0 Å². The van der Waals surface area contributed by atoms with Crippen molar-refractivity contribution in [1.29, 1.82) is 0 Å². The van der Waals surface area contributed by atoms with Gasteiger partial charge in [0.15, 0.2) is 5.82 Å². The molecule has 0 aliphatic rings. The summed E-state index contributed by atoms with van der Waals surface area (Å²) >= 11 is 1.26. The number of rotatable bonds is 7. The number of methoxy groups -OCH3 is 1. The maximum absolute atomic E-state index is 12.3. The lowest BCUT2D eigenvalue weighted by molar-refractivity contribution is -0.120. The molecule has 140 valence electrons. The zero-order valence-corrected chi connectivity index (χ0v) is 15.9. The Morgan fingerprint density at radius 2 is 1.89 bits per heavy atom. The molecule has 27 heavy (non-hydrogen) atoms. The topological polar surface area (TPSA) is 95.1 Å². The van der Waals surface area contributed by atoms with E-state index in [0.717, 1.165) is 16.9 Å². The molecule has 0 saturated carbocycles. The lowest BCUT2D eigenvalue weighted by atomic mass is 10.2. The molecule has 1 amide bonds. The summed E-state index contributed by atoms with van der Waals surface area (Å²) in [6.45, 7) is 2.30. The first-order chi connectivity index (χ1) is 13.1. The third-order valence-electron chi connectivity index (χ3n) is 3.97. The zero-order chi connectivity index (χ0) is 19.2. The van der Waals surface area contributed by atoms with E-state index in [9.17, 15) is 4.79 Å². The van der Waals surface area contributed by atoms with Gasteiger partial charge in [0.25, 0.3) is 0 Å². The molecular weight excluding hydrogens is 362 g/mol. The van der Waals surface area contributed by atoms with E-state index in [1.165, 1.54) is 16.4 Å². The summed E-state index contributed by atoms with van der Waals surface area (Å²) < 4.78 is 6.55. The van der Waals surface area contributed by atoms with Crippen molar-refractivity contribution in [3.05, 3.63) is 60.2 Å². The van der Waals surface area contributed by atoms with Crippen molar-refractivity contribution in [1.82, 2.24) is 20.2 Å². The summed E-state index contributed by atoms with van der Waals surface area (Å²) in [5.41, 5.74) is 1.87. The predicted molar refractivity (Wildman–Crippen MR) is 106 cm³/mol. The van der Waals surface area contributed by atoms with Gasteiger partial charge in [-0.1, -0.05) is 42.1 Å². The Morgan fingerprint density at radius 3 is 2.56 bits per heavy atom. The lowest BCUT2D eigenvalue weighted by Crippen LogP contribution is -2.30. The molecule has 1 aromatic heterocycles. The Labute approximate surface area is 161 Å². The van der Waals surface area contributed by atoms with Gasteiger partial charge >= 0.3 is 0 Å². The van der Waals surface area contributed by atoms with Crippen LogP contribution in [0.4, 0.5) is 0 Å². The van der Waals surface area contributed by atoms with E-state index in [4.69, 9.17) is 10.6 Å². The number of carbonyl (C=O) groups is 1. The van der Waals surface area contributed by atoms with E-state index in [1.54, 1.807) is 7.11 Å². The van der Waals surface area contributed by atoms with Gasteiger partial charge in [-0.25, -0.2) is 4.68 Å². The highest BCUT2D eigenvalue weighted by Crippen LogP contribution is 2.26. The fraction of sp³-hybridized carbons (Fsp3) is 0.211. The van der Waals surface area contributed by atoms with Crippen LogP contribution in [0.15, 0.2) is 59.8 Å². The summed E-state index contributed by atoms with van der Waals surface area (Å²) in [5, 5.41) is 11.3. The molecule has 3 rings (SSSR count). The van der Waals surface area contributed by atoms with Gasteiger partial charge in [0.05, 0.1) is 12.4 Å². The molecule has 1 heterocycles. The Kier molecular flexibility index (Phi) is 5.97. The SMILES string of the molecule is COc1ccc(-c2nnc(S[C@@H](C)C(=O)NCc3ccccc3)n2N)cc1. The number of nitrogens with one attached hydrogen (secondary N) is 1. The summed E-state index contributed by atoms with van der Waals surface area (Å²) in [6, 6.07) is 17.1. The molecule has 0 spiro atoms. The van der Waals surface area contributed by atoms with Crippen molar-refractivity contribution in [3.63, 3.8) is 0 Å². The van der Waals surface area contributed by atoms with Crippen LogP contribution in [0.25, 0.3) is 11.4 Å². The van der Waals surface area contributed by atoms with Gasteiger partial charge in [-0.2, -0.15) is 0 Å². The van der Waals surface area contributed by atoms with Gasteiger partial charge in [0.1, 0.15) is 5.75 Å². The smallest absolute Gasteiger partial charge is 0.233 e. The van der Waals surface area contributed by atoms with Gasteiger partial charge < -0.3 is 15.9 Å². The number of hydrogen-bond acceptors (Lipinski definition) is 6. The van der Waals surface area contributed by atoms with E-state index >= 15 is 0 Å². The van der Waals surface area contributed by atoms with Gasteiger partial charge in [-0.3, -0.25) is 4.79 Å². The standard InChI is InChI=1S/C19H21N5O2S/c1-13(18(25)21-12-14-6-4-3-5-7-14)27-19-23-22-17(24(19)20)15-8-10-16(26-2)11-9-15/h3-11,13H,12,20H2,1-2H3,(H,21,25)/t13-/m0/s1. The molecule has 0 radical (unpaired) electrons. The number of carbonyl (C=O) groups excluding carboxylic acids is 1. The number of nitrogen functional groups attached to an aromatic ring is 1. The molecule has 0 aliphatic carbocycles. The quantitative estimate of drug-likeness (QED) is 0.481. The van der Waals surface area contributed by atoms with Gasteiger partial charge in [-0.15, -0.1) is 10.2 Å². The third-order valence-corrected chi connectivity index (χ3v) is 5.03. The van der Waals surface area contributed by atoms with E-state index in [2.05, 4.69) is 15.5 Å². The summed E-state index contributed by atoms with van der Waals surface area (Å²) in [5.74, 6) is 7.32. The molecule has 0 aliphatic heterocycles. The number of hydrogen-bond donors (Lipinski definition) is 2. The van der Waals surface area contributed by atoms with E-state index in [-0.39, 0.29) is 11.2 Å². The number of nitrogens with zero attached hydrogens (tertiary/aromatic N) is 3. The van der Waals surface area contributed by atoms with E-state index in [1.807, 2.05) is 61.5 Å². The van der Waals surface area contributed by atoms with Crippen LogP contribution in [0.1, 0.15) is 12.5 Å². The minimum atomic E-state index is -0.357. The Hall–Kier alpha value is -3.00. The molecule has 7 nitrogen and oxygen atoms in total. The largest absolute Gasteiger partial charge is 0.497 e. The molecule has 2 aromatic carbocycles. The summed E-state index contributed by atoms with van der Waals surface area (Å²) in [4.78, 5) is 12.3. The van der Waals surface area contributed by atoms with Gasteiger partial charge in [0.2, 0.25) is 11.1 Å². The highest BCUT2D eigenvalue weighted by Gasteiger charge is 2.19. The van der Waals surface area contributed by atoms with E-state index in [0.29, 0.717) is 17.5 Å². The number of nitrogens with two attached hydrogens (primary N) is 1. The number of benzene rings is 2. The van der Waals surface area contributed by atoms with Crippen molar-refractivity contribution >= 4 is 17.7 Å². The molecule has 1 atom stereocenters. The van der Waals surface area contributed by atoms with Crippen molar-refractivity contribution in [2.24, 2.45) is 0 Å². The highest BCUT2D eigenvalue weighted by molar-refractivity contribution is 8.00. The normalized spacial score (nSPS) is 11.8. The van der Waals surface area contributed by atoms with Crippen molar-refractivity contribution in [3.8, 4) is 17.1 Å².